The Labute approximate surface area is 141 Å². The van der Waals surface area contributed by atoms with E-state index in [9.17, 15) is 5.11 Å². The highest BCUT2D eigenvalue weighted by atomic mass is 32.1. The van der Waals surface area contributed by atoms with Crippen molar-refractivity contribution in [1.29, 1.82) is 0 Å². The molecule has 3 rings (SSSR count). The lowest BCUT2D eigenvalue weighted by Crippen LogP contribution is -2.28. The molecule has 0 fully saturated rings. The van der Waals surface area contributed by atoms with Gasteiger partial charge < -0.3 is 10.4 Å². The summed E-state index contributed by atoms with van der Waals surface area (Å²) in [6.45, 7) is 2.64. The van der Waals surface area contributed by atoms with Crippen molar-refractivity contribution in [2.75, 3.05) is 6.54 Å². The molecule has 23 heavy (non-hydrogen) atoms. The lowest BCUT2D eigenvalue weighted by atomic mass is 10.1. The summed E-state index contributed by atoms with van der Waals surface area (Å²) in [4.78, 5) is 0. The summed E-state index contributed by atoms with van der Waals surface area (Å²) in [5, 5.41) is 17.0. The second-order valence-corrected chi connectivity index (χ2v) is 6.58. The van der Waals surface area contributed by atoms with Crippen LogP contribution in [0.1, 0.15) is 24.2 Å². The summed E-state index contributed by atoms with van der Waals surface area (Å²) >= 11 is 1.77. The van der Waals surface area contributed by atoms with E-state index >= 15 is 0 Å². The molecule has 0 bridgehead atoms. The quantitative estimate of drug-likeness (QED) is 0.693. The van der Waals surface area contributed by atoms with Gasteiger partial charge in [-0.3, -0.25) is 0 Å². The molecule has 2 N–H and O–H groups in total. The molecule has 118 valence electrons. The summed E-state index contributed by atoms with van der Waals surface area (Å²) in [6, 6.07) is 18.4. The van der Waals surface area contributed by atoms with Crippen molar-refractivity contribution in [3.63, 3.8) is 0 Å². The Balaban J connectivity index is 1.58. The number of benzene rings is 2. The van der Waals surface area contributed by atoms with Crippen LogP contribution in [-0.2, 0) is 0 Å². The molecular weight excluding hydrogens is 302 g/mol. The van der Waals surface area contributed by atoms with E-state index in [1.54, 1.807) is 11.3 Å². The van der Waals surface area contributed by atoms with Gasteiger partial charge in [0.15, 0.2) is 0 Å². The van der Waals surface area contributed by atoms with Crippen molar-refractivity contribution in [2.24, 2.45) is 0 Å². The standard InChI is InChI=1S/C20H21NOS/c1-15(21-13-19(22)16-7-3-2-4-8-16)11-12-17-14-23-20-10-6-5-9-18(17)20/h2-12,14-15,19,21-22H,13H2,1H3/b12-11+. The molecule has 2 nitrogen and oxygen atoms in total. The van der Waals surface area contributed by atoms with Gasteiger partial charge in [-0.05, 0) is 34.9 Å². The highest BCUT2D eigenvalue weighted by molar-refractivity contribution is 7.17. The van der Waals surface area contributed by atoms with E-state index in [-0.39, 0.29) is 6.04 Å². The monoisotopic (exact) mass is 323 g/mol. The van der Waals surface area contributed by atoms with Crippen LogP contribution >= 0.6 is 11.3 Å². The molecular formula is C20H21NOS. The number of hydrogen-bond acceptors (Lipinski definition) is 3. The first-order valence-electron chi connectivity index (χ1n) is 7.85. The van der Waals surface area contributed by atoms with Gasteiger partial charge >= 0.3 is 0 Å². The fourth-order valence-electron chi connectivity index (χ4n) is 2.53. The van der Waals surface area contributed by atoms with Gasteiger partial charge in [0.2, 0.25) is 0 Å². The normalized spacial score (nSPS) is 14.3. The van der Waals surface area contributed by atoms with Gasteiger partial charge in [-0.2, -0.15) is 0 Å². The minimum absolute atomic E-state index is 0.201. The van der Waals surface area contributed by atoms with E-state index in [0.29, 0.717) is 6.54 Å². The summed E-state index contributed by atoms with van der Waals surface area (Å²) < 4.78 is 1.31. The fraction of sp³-hybridized carbons (Fsp3) is 0.200. The van der Waals surface area contributed by atoms with E-state index < -0.39 is 6.10 Å². The van der Waals surface area contributed by atoms with E-state index in [2.05, 4.69) is 54.0 Å². The van der Waals surface area contributed by atoms with Crippen LogP contribution in [0.3, 0.4) is 0 Å². The third kappa shape index (κ3) is 4.08. The van der Waals surface area contributed by atoms with Gasteiger partial charge in [0.1, 0.15) is 0 Å². The van der Waals surface area contributed by atoms with Crippen LogP contribution in [0.25, 0.3) is 16.2 Å². The molecule has 3 heteroatoms. The van der Waals surface area contributed by atoms with Gasteiger partial charge in [-0.1, -0.05) is 60.7 Å². The largest absolute Gasteiger partial charge is 0.387 e. The molecule has 0 saturated heterocycles. The lowest BCUT2D eigenvalue weighted by molar-refractivity contribution is 0.173. The zero-order valence-electron chi connectivity index (χ0n) is 13.1. The Morgan fingerprint density at radius 3 is 2.65 bits per heavy atom. The van der Waals surface area contributed by atoms with Gasteiger partial charge in [0, 0.05) is 17.3 Å². The number of aliphatic hydroxyl groups excluding tert-OH is 1. The van der Waals surface area contributed by atoms with Crippen LogP contribution in [0.5, 0.6) is 0 Å². The maximum atomic E-state index is 10.2. The van der Waals surface area contributed by atoms with Crippen LogP contribution in [0.15, 0.2) is 66.1 Å². The van der Waals surface area contributed by atoms with Crippen LogP contribution in [0, 0.1) is 0 Å². The van der Waals surface area contributed by atoms with E-state index in [4.69, 9.17) is 0 Å². The van der Waals surface area contributed by atoms with Crippen molar-refractivity contribution in [1.82, 2.24) is 5.32 Å². The van der Waals surface area contributed by atoms with Gasteiger partial charge in [-0.15, -0.1) is 11.3 Å². The van der Waals surface area contributed by atoms with Gasteiger partial charge in [0.25, 0.3) is 0 Å². The second-order valence-electron chi connectivity index (χ2n) is 5.67. The number of nitrogens with one attached hydrogen (secondary N) is 1. The Bertz CT molecular complexity index is 778. The zero-order valence-corrected chi connectivity index (χ0v) is 14.0. The average molecular weight is 323 g/mol. The van der Waals surface area contributed by atoms with Crippen molar-refractivity contribution in [2.45, 2.75) is 19.1 Å². The van der Waals surface area contributed by atoms with Crippen LogP contribution < -0.4 is 5.32 Å². The molecule has 0 spiro atoms. The number of hydrogen-bond donors (Lipinski definition) is 2. The van der Waals surface area contributed by atoms with Gasteiger partial charge in [0.05, 0.1) is 6.10 Å². The van der Waals surface area contributed by atoms with Crippen molar-refractivity contribution in [3.05, 3.63) is 77.2 Å². The third-order valence-corrected chi connectivity index (χ3v) is 4.87. The van der Waals surface area contributed by atoms with E-state index in [0.717, 1.165) is 5.56 Å². The first-order chi connectivity index (χ1) is 11.2. The zero-order chi connectivity index (χ0) is 16.1. The smallest absolute Gasteiger partial charge is 0.0914 e. The molecule has 1 aromatic heterocycles. The first-order valence-corrected chi connectivity index (χ1v) is 8.73. The summed E-state index contributed by atoms with van der Waals surface area (Å²) in [6.07, 6.45) is 3.83. The SMILES string of the molecule is CC(/C=C/c1csc2ccccc12)NCC(O)c1ccccc1. The van der Waals surface area contributed by atoms with E-state index in [1.807, 2.05) is 30.3 Å². The predicted molar refractivity (Wildman–Crippen MR) is 99.7 cm³/mol. The Morgan fingerprint density at radius 1 is 1.09 bits per heavy atom. The van der Waals surface area contributed by atoms with Gasteiger partial charge in [-0.25, -0.2) is 0 Å². The number of fused-ring (bicyclic) bond motifs is 1. The highest BCUT2D eigenvalue weighted by Crippen LogP contribution is 2.26. The Kier molecular flexibility index (Phi) is 5.23. The lowest BCUT2D eigenvalue weighted by Gasteiger charge is -2.15. The number of rotatable bonds is 6. The molecule has 0 radical (unpaired) electrons. The number of thiophene rings is 1. The molecule has 2 aromatic carbocycles. The Hall–Kier alpha value is -1.94. The first kappa shape index (κ1) is 15.9. The summed E-state index contributed by atoms with van der Waals surface area (Å²) in [5.74, 6) is 0. The molecule has 0 aliphatic rings. The molecule has 3 aromatic rings. The molecule has 0 amide bonds. The molecule has 2 atom stereocenters. The van der Waals surface area contributed by atoms with Crippen LogP contribution in [0.2, 0.25) is 0 Å². The maximum Gasteiger partial charge on any atom is 0.0914 e. The van der Waals surface area contributed by atoms with Crippen molar-refractivity contribution >= 4 is 27.5 Å². The highest BCUT2D eigenvalue weighted by Gasteiger charge is 2.07. The van der Waals surface area contributed by atoms with Crippen molar-refractivity contribution in [3.8, 4) is 0 Å². The minimum Gasteiger partial charge on any atom is -0.387 e. The topological polar surface area (TPSA) is 32.3 Å². The van der Waals surface area contributed by atoms with Crippen molar-refractivity contribution < 1.29 is 5.11 Å². The second kappa shape index (κ2) is 7.55. The average Bonchev–Trinajstić information content (AvgIpc) is 3.02. The van der Waals surface area contributed by atoms with Crippen LogP contribution in [-0.4, -0.2) is 17.7 Å². The summed E-state index contributed by atoms with van der Waals surface area (Å²) in [7, 11) is 0. The fourth-order valence-corrected chi connectivity index (χ4v) is 3.46. The minimum atomic E-state index is -0.478. The predicted octanol–water partition coefficient (Wildman–Crippen LogP) is 4.63. The molecule has 2 unspecified atom stereocenters. The third-order valence-electron chi connectivity index (χ3n) is 3.89. The maximum absolute atomic E-state index is 10.2. The molecule has 0 aliphatic carbocycles. The molecule has 0 saturated carbocycles. The van der Waals surface area contributed by atoms with E-state index in [1.165, 1.54) is 15.6 Å². The van der Waals surface area contributed by atoms with Crippen LogP contribution in [0.4, 0.5) is 0 Å². The number of aliphatic hydroxyl groups is 1. The summed E-state index contributed by atoms with van der Waals surface area (Å²) in [5.41, 5.74) is 2.20. The molecule has 0 aliphatic heterocycles. The Morgan fingerprint density at radius 2 is 1.83 bits per heavy atom. The molecule has 1 heterocycles.